The summed E-state index contributed by atoms with van der Waals surface area (Å²) >= 11 is 0. The van der Waals surface area contributed by atoms with Gasteiger partial charge in [0, 0.05) is 18.4 Å². The van der Waals surface area contributed by atoms with E-state index in [2.05, 4.69) is 4.84 Å². The Morgan fingerprint density at radius 1 is 1.15 bits per heavy atom. The first-order valence-electron chi connectivity index (χ1n) is 5.91. The van der Waals surface area contributed by atoms with E-state index in [1.165, 1.54) is 24.3 Å². The van der Waals surface area contributed by atoms with Crippen LogP contribution in [0.15, 0.2) is 24.3 Å². The first-order valence-corrected chi connectivity index (χ1v) is 5.91. The van der Waals surface area contributed by atoms with Gasteiger partial charge in [0.05, 0.1) is 6.42 Å². The molecule has 1 aliphatic heterocycles. The lowest BCUT2D eigenvalue weighted by molar-refractivity contribution is -0.197. The summed E-state index contributed by atoms with van der Waals surface area (Å²) in [6.07, 6.45) is -2.74. The molecule has 0 spiro atoms. The van der Waals surface area contributed by atoms with E-state index in [4.69, 9.17) is 0 Å². The van der Waals surface area contributed by atoms with E-state index in [1.54, 1.807) is 0 Å². The minimum Gasteiger partial charge on any atom is -0.330 e. The summed E-state index contributed by atoms with van der Waals surface area (Å²) in [7, 11) is 0. The van der Waals surface area contributed by atoms with Gasteiger partial charge < -0.3 is 4.84 Å². The van der Waals surface area contributed by atoms with Gasteiger partial charge in [0.15, 0.2) is 0 Å². The monoisotopic (exact) mass is 283 g/mol. The highest BCUT2D eigenvalue weighted by Crippen LogP contribution is 2.19. The van der Waals surface area contributed by atoms with Crippen LogP contribution in [0.1, 0.15) is 30.4 Å². The third-order valence-electron chi connectivity index (χ3n) is 2.78. The molecule has 1 heterocycles. The van der Waals surface area contributed by atoms with Gasteiger partial charge in [-0.25, -0.2) is 13.6 Å². The quantitative estimate of drug-likeness (QED) is 0.790. The smallest absolute Gasteiger partial charge is 0.330 e. The number of benzene rings is 1. The van der Waals surface area contributed by atoms with Gasteiger partial charge in [0.2, 0.25) is 0 Å². The highest BCUT2D eigenvalue weighted by Gasteiger charge is 2.32. The molecule has 0 bridgehead atoms. The van der Waals surface area contributed by atoms with E-state index in [-0.39, 0.29) is 24.8 Å². The molecule has 20 heavy (non-hydrogen) atoms. The van der Waals surface area contributed by atoms with Crippen LogP contribution in [0.25, 0.3) is 0 Å². The van der Waals surface area contributed by atoms with Crippen molar-refractivity contribution in [2.75, 3.05) is 0 Å². The Bertz CT molecular complexity index is 526. The molecule has 1 aliphatic rings. The van der Waals surface area contributed by atoms with Crippen LogP contribution < -0.4 is 0 Å². The third kappa shape index (κ3) is 3.17. The van der Waals surface area contributed by atoms with Crippen molar-refractivity contribution in [1.82, 2.24) is 5.06 Å². The van der Waals surface area contributed by atoms with Gasteiger partial charge in [-0.15, -0.1) is 5.06 Å². The van der Waals surface area contributed by atoms with E-state index in [9.17, 15) is 23.2 Å². The van der Waals surface area contributed by atoms with Crippen molar-refractivity contribution in [3.63, 3.8) is 0 Å². The van der Waals surface area contributed by atoms with E-state index in [0.717, 1.165) is 0 Å². The van der Waals surface area contributed by atoms with Gasteiger partial charge in [-0.05, 0) is 5.56 Å². The van der Waals surface area contributed by atoms with Crippen molar-refractivity contribution in [2.45, 2.75) is 25.7 Å². The fourth-order valence-electron chi connectivity index (χ4n) is 1.74. The Morgan fingerprint density at radius 2 is 1.70 bits per heavy atom. The maximum absolute atomic E-state index is 12.3. The summed E-state index contributed by atoms with van der Waals surface area (Å²) in [4.78, 5) is 38.7. The normalized spacial score (nSPS) is 15.1. The fraction of sp³-hybridized carbons (Fsp3) is 0.308. The Morgan fingerprint density at radius 3 is 2.20 bits per heavy atom. The molecule has 7 heteroatoms. The van der Waals surface area contributed by atoms with Gasteiger partial charge in [0.25, 0.3) is 18.2 Å². The summed E-state index contributed by atoms with van der Waals surface area (Å²) in [5.41, 5.74) is 0.311. The standard InChI is InChI=1S/C13H11F2NO4/c14-13(15)9-3-1-8(2-4-9)7-12(19)20-16-10(17)5-6-11(16)18/h1-4,13H,5-7H2. The zero-order chi connectivity index (χ0) is 14.7. The number of hydrogen-bond donors (Lipinski definition) is 0. The second kappa shape index (κ2) is 5.77. The van der Waals surface area contributed by atoms with E-state index >= 15 is 0 Å². The lowest BCUT2D eigenvalue weighted by atomic mass is 10.1. The molecule has 1 aromatic carbocycles. The third-order valence-corrected chi connectivity index (χ3v) is 2.78. The van der Waals surface area contributed by atoms with Crippen molar-refractivity contribution in [1.29, 1.82) is 0 Å². The average molecular weight is 283 g/mol. The van der Waals surface area contributed by atoms with Crippen molar-refractivity contribution >= 4 is 17.8 Å². The van der Waals surface area contributed by atoms with E-state index < -0.39 is 24.2 Å². The lowest BCUT2D eigenvalue weighted by Gasteiger charge is -2.12. The van der Waals surface area contributed by atoms with Crippen LogP contribution in [0.4, 0.5) is 8.78 Å². The van der Waals surface area contributed by atoms with E-state index in [0.29, 0.717) is 10.6 Å². The number of imide groups is 1. The second-order valence-electron chi connectivity index (χ2n) is 4.26. The minimum atomic E-state index is -2.57. The number of halogens is 2. The number of carbonyl (C=O) groups is 3. The number of nitrogens with zero attached hydrogens (tertiary/aromatic N) is 1. The Balaban J connectivity index is 1.94. The summed E-state index contributed by atoms with van der Waals surface area (Å²) < 4.78 is 24.7. The van der Waals surface area contributed by atoms with Gasteiger partial charge in [0.1, 0.15) is 0 Å². The van der Waals surface area contributed by atoms with Crippen LogP contribution in [0.5, 0.6) is 0 Å². The summed E-state index contributed by atoms with van der Waals surface area (Å²) in [5.74, 6) is -1.91. The molecule has 1 saturated heterocycles. The molecule has 0 saturated carbocycles. The number of alkyl halides is 2. The molecule has 2 rings (SSSR count). The zero-order valence-corrected chi connectivity index (χ0v) is 10.3. The molecule has 0 N–H and O–H groups in total. The van der Waals surface area contributed by atoms with Crippen LogP contribution in [-0.4, -0.2) is 22.8 Å². The first-order chi connectivity index (χ1) is 9.47. The van der Waals surface area contributed by atoms with Crippen LogP contribution in [0, 0.1) is 0 Å². The lowest BCUT2D eigenvalue weighted by Crippen LogP contribution is -2.32. The fourth-order valence-corrected chi connectivity index (χ4v) is 1.74. The van der Waals surface area contributed by atoms with Gasteiger partial charge in [-0.3, -0.25) is 9.59 Å². The summed E-state index contributed by atoms with van der Waals surface area (Å²) in [5, 5.41) is 0.454. The van der Waals surface area contributed by atoms with Crippen molar-refractivity contribution in [2.24, 2.45) is 0 Å². The molecule has 2 amide bonds. The van der Waals surface area contributed by atoms with Crippen molar-refractivity contribution < 1.29 is 28.0 Å². The van der Waals surface area contributed by atoms with Gasteiger partial charge >= 0.3 is 5.97 Å². The zero-order valence-electron chi connectivity index (χ0n) is 10.3. The number of rotatable bonds is 4. The molecule has 1 fully saturated rings. The largest absolute Gasteiger partial charge is 0.337 e. The molecular formula is C13H11F2NO4. The predicted octanol–water partition coefficient (Wildman–Crippen LogP) is 1.77. The topological polar surface area (TPSA) is 63.7 Å². The van der Waals surface area contributed by atoms with Crippen molar-refractivity contribution in [3.05, 3.63) is 35.4 Å². The molecule has 1 aromatic rings. The average Bonchev–Trinajstić information content (AvgIpc) is 2.71. The number of carbonyl (C=O) groups excluding carboxylic acids is 3. The van der Waals surface area contributed by atoms with Gasteiger partial charge in [-0.1, -0.05) is 24.3 Å². The Hall–Kier alpha value is -2.31. The SMILES string of the molecule is O=C(Cc1ccc(C(F)F)cc1)ON1C(=O)CCC1=O. The molecule has 0 aliphatic carbocycles. The van der Waals surface area contributed by atoms with Gasteiger partial charge in [-0.2, -0.15) is 0 Å². The molecule has 0 atom stereocenters. The van der Waals surface area contributed by atoms with Crippen molar-refractivity contribution in [3.8, 4) is 0 Å². The maximum atomic E-state index is 12.3. The number of hydroxylamine groups is 2. The van der Waals surface area contributed by atoms with E-state index in [1.807, 2.05) is 0 Å². The number of hydrogen-bond acceptors (Lipinski definition) is 4. The predicted molar refractivity (Wildman–Crippen MR) is 62.3 cm³/mol. The van der Waals surface area contributed by atoms with Crippen LogP contribution >= 0.6 is 0 Å². The highest BCUT2D eigenvalue weighted by molar-refractivity contribution is 6.01. The molecule has 5 nitrogen and oxygen atoms in total. The molecule has 0 radical (unpaired) electrons. The Kier molecular flexibility index (Phi) is 4.07. The van der Waals surface area contributed by atoms with Crippen LogP contribution in [-0.2, 0) is 25.6 Å². The Labute approximate surface area is 113 Å². The molecule has 106 valence electrons. The maximum Gasteiger partial charge on any atom is 0.337 e. The van der Waals surface area contributed by atoms with Crippen LogP contribution in [0.2, 0.25) is 0 Å². The second-order valence-corrected chi connectivity index (χ2v) is 4.26. The molecule has 0 unspecified atom stereocenters. The number of amides is 2. The molecular weight excluding hydrogens is 272 g/mol. The summed E-state index contributed by atoms with van der Waals surface area (Å²) in [6, 6.07) is 5.16. The molecule has 0 aromatic heterocycles. The van der Waals surface area contributed by atoms with Crippen LogP contribution in [0.3, 0.4) is 0 Å². The highest BCUT2D eigenvalue weighted by atomic mass is 19.3. The summed E-state index contributed by atoms with van der Waals surface area (Å²) in [6.45, 7) is 0. The minimum absolute atomic E-state index is 0.0230. The first kappa shape index (κ1) is 14.1.